The van der Waals surface area contributed by atoms with E-state index < -0.39 is 0 Å². The number of nitrogen functional groups attached to an aromatic ring is 1. The highest BCUT2D eigenvalue weighted by Gasteiger charge is 2.12. The summed E-state index contributed by atoms with van der Waals surface area (Å²) >= 11 is 0. The lowest BCUT2D eigenvalue weighted by Crippen LogP contribution is -2.05. The van der Waals surface area contributed by atoms with Crippen LogP contribution in [-0.2, 0) is 6.54 Å². The lowest BCUT2D eigenvalue weighted by molar-refractivity contribution is 0.386. The topological polar surface area (TPSA) is 92.0 Å². The Kier molecular flexibility index (Phi) is 2.59. The monoisotopic (exact) mass is 259 g/mol. The second kappa shape index (κ2) is 4.27. The minimum Gasteiger partial charge on any atom is -0.497 e. The summed E-state index contributed by atoms with van der Waals surface area (Å²) in [5.74, 6) is 2.24. The molecule has 0 aliphatic carbocycles. The number of imidazole rings is 1. The average molecular weight is 259 g/mol. The molecule has 3 aromatic rings. The fraction of sp³-hybridized carbons (Fsp3) is 0.250. The summed E-state index contributed by atoms with van der Waals surface area (Å²) in [4.78, 5) is 8.45. The first-order valence-corrected chi connectivity index (χ1v) is 5.76. The Morgan fingerprint density at radius 1 is 1.37 bits per heavy atom. The Hall–Kier alpha value is -2.57. The number of hydrogen-bond acceptors (Lipinski definition) is 6. The van der Waals surface area contributed by atoms with Gasteiger partial charge in [0.25, 0.3) is 0 Å². The van der Waals surface area contributed by atoms with E-state index in [1.165, 1.54) is 0 Å². The smallest absolute Gasteiger partial charge is 0.223 e. The van der Waals surface area contributed by atoms with Gasteiger partial charge in [-0.05, 0) is 12.1 Å². The zero-order valence-corrected chi connectivity index (χ0v) is 10.6. The molecule has 0 saturated carbocycles. The van der Waals surface area contributed by atoms with Crippen molar-refractivity contribution in [2.24, 2.45) is 0 Å². The van der Waals surface area contributed by atoms with Crippen LogP contribution in [0.5, 0.6) is 5.75 Å². The standard InChI is InChI=1S/C12H13N5O2/c1-7-14-11(16-19-7)6-17-10-5-8(18-2)3-4-9(10)15-12(17)13/h3-5H,6H2,1-2H3,(H2,13,15). The minimum absolute atomic E-state index is 0.408. The Labute approximate surface area is 109 Å². The molecule has 98 valence electrons. The molecule has 0 radical (unpaired) electrons. The molecule has 2 heterocycles. The van der Waals surface area contributed by atoms with Crippen molar-refractivity contribution in [3.8, 4) is 5.75 Å². The van der Waals surface area contributed by atoms with Gasteiger partial charge in [0.15, 0.2) is 5.82 Å². The molecule has 3 rings (SSSR count). The van der Waals surface area contributed by atoms with Crippen LogP contribution in [0, 0.1) is 6.92 Å². The zero-order chi connectivity index (χ0) is 13.4. The van der Waals surface area contributed by atoms with Crippen LogP contribution < -0.4 is 10.5 Å². The predicted octanol–water partition coefficient (Wildman–Crippen LogP) is 1.37. The number of aryl methyl sites for hydroxylation is 1. The van der Waals surface area contributed by atoms with Crippen LogP contribution in [0.25, 0.3) is 11.0 Å². The van der Waals surface area contributed by atoms with Gasteiger partial charge in [0.05, 0.1) is 24.7 Å². The third kappa shape index (κ3) is 1.99. The Morgan fingerprint density at radius 3 is 2.89 bits per heavy atom. The van der Waals surface area contributed by atoms with Gasteiger partial charge in [0.2, 0.25) is 11.8 Å². The lowest BCUT2D eigenvalue weighted by atomic mass is 10.3. The van der Waals surface area contributed by atoms with Crippen molar-refractivity contribution in [2.75, 3.05) is 12.8 Å². The maximum absolute atomic E-state index is 5.92. The SMILES string of the molecule is COc1ccc2nc(N)n(Cc3noc(C)n3)c2c1. The van der Waals surface area contributed by atoms with Gasteiger partial charge in [-0.1, -0.05) is 5.16 Å². The quantitative estimate of drug-likeness (QED) is 0.763. The van der Waals surface area contributed by atoms with Crippen LogP contribution in [0.1, 0.15) is 11.7 Å². The van der Waals surface area contributed by atoms with Crippen LogP contribution in [0.3, 0.4) is 0 Å². The number of fused-ring (bicyclic) bond motifs is 1. The normalized spacial score (nSPS) is 11.1. The van der Waals surface area contributed by atoms with Crippen LogP contribution in [0.2, 0.25) is 0 Å². The van der Waals surface area contributed by atoms with Gasteiger partial charge in [0.1, 0.15) is 5.75 Å². The number of benzene rings is 1. The van der Waals surface area contributed by atoms with E-state index >= 15 is 0 Å². The molecule has 0 saturated heterocycles. The second-order valence-corrected chi connectivity index (χ2v) is 4.14. The van der Waals surface area contributed by atoms with Crippen molar-refractivity contribution in [1.82, 2.24) is 19.7 Å². The Balaban J connectivity index is 2.08. The van der Waals surface area contributed by atoms with Gasteiger partial charge in [-0.2, -0.15) is 4.98 Å². The number of nitrogens with zero attached hydrogens (tertiary/aromatic N) is 4. The first-order valence-electron chi connectivity index (χ1n) is 5.76. The average Bonchev–Trinajstić information content (AvgIpc) is 2.94. The molecule has 2 N–H and O–H groups in total. The van der Waals surface area contributed by atoms with E-state index in [2.05, 4.69) is 15.1 Å². The van der Waals surface area contributed by atoms with Crippen molar-refractivity contribution in [1.29, 1.82) is 0 Å². The highest BCUT2D eigenvalue weighted by atomic mass is 16.5. The molecule has 7 nitrogen and oxygen atoms in total. The van der Waals surface area contributed by atoms with Gasteiger partial charge in [-0.3, -0.25) is 0 Å². The van der Waals surface area contributed by atoms with Gasteiger partial charge < -0.3 is 19.6 Å². The molecule has 0 aliphatic heterocycles. The van der Waals surface area contributed by atoms with E-state index in [1.807, 2.05) is 22.8 Å². The predicted molar refractivity (Wildman–Crippen MR) is 68.8 cm³/mol. The van der Waals surface area contributed by atoms with Gasteiger partial charge in [-0.25, -0.2) is 4.98 Å². The minimum atomic E-state index is 0.408. The molecule has 0 spiro atoms. The third-order valence-corrected chi connectivity index (χ3v) is 2.85. The molecule has 0 bridgehead atoms. The molecule has 7 heteroatoms. The number of hydrogen-bond donors (Lipinski definition) is 1. The zero-order valence-electron chi connectivity index (χ0n) is 10.6. The van der Waals surface area contributed by atoms with E-state index in [0.717, 1.165) is 16.8 Å². The summed E-state index contributed by atoms with van der Waals surface area (Å²) in [5, 5.41) is 3.86. The van der Waals surface area contributed by atoms with E-state index in [4.69, 9.17) is 15.0 Å². The molecule has 0 amide bonds. The van der Waals surface area contributed by atoms with E-state index in [-0.39, 0.29) is 0 Å². The highest BCUT2D eigenvalue weighted by molar-refractivity contribution is 5.80. The van der Waals surface area contributed by atoms with Crippen molar-refractivity contribution in [3.63, 3.8) is 0 Å². The summed E-state index contributed by atoms with van der Waals surface area (Å²) in [6.07, 6.45) is 0. The van der Waals surface area contributed by atoms with Gasteiger partial charge in [0, 0.05) is 13.0 Å². The number of nitrogens with two attached hydrogens (primary N) is 1. The van der Waals surface area contributed by atoms with Crippen molar-refractivity contribution in [3.05, 3.63) is 29.9 Å². The maximum Gasteiger partial charge on any atom is 0.223 e. The van der Waals surface area contributed by atoms with Crippen molar-refractivity contribution in [2.45, 2.75) is 13.5 Å². The Bertz CT molecular complexity index is 731. The van der Waals surface area contributed by atoms with Crippen molar-refractivity contribution < 1.29 is 9.26 Å². The molecule has 1 aromatic carbocycles. The summed E-state index contributed by atoms with van der Waals surface area (Å²) in [6.45, 7) is 2.15. The highest BCUT2D eigenvalue weighted by Crippen LogP contribution is 2.23. The summed E-state index contributed by atoms with van der Waals surface area (Å²) in [7, 11) is 1.62. The van der Waals surface area contributed by atoms with Crippen LogP contribution in [-0.4, -0.2) is 26.8 Å². The molecule has 2 aromatic heterocycles. The molecule has 0 unspecified atom stereocenters. The molecular weight excluding hydrogens is 246 g/mol. The summed E-state index contributed by atoms with van der Waals surface area (Å²) in [5.41, 5.74) is 7.60. The van der Waals surface area contributed by atoms with Gasteiger partial charge in [-0.15, -0.1) is 0 Å². The number of ether oxygens (including phenoxy) is 1. The lowest BCUT2D eigenvalue weighted by Gasteiger charge is -2.04. The van der Waals surface area contributed by atoms with Crippen LogP contribution in [0.4, 0.5) is 5.95 Å². The maximum atomic E-state index is 5.92. The number of methoxy groups -OCH3 is 1. The third-order valence-electron chi connectivity index (χ3n) is 2.85. The molecular formula is C12H13N5O2. The summed E-state index contributed by atoms with van der Waals surface area (Å²) < 4.78 is 12.0. The first-order chi connectivity index (χ1) is 9.17. The molecule has 0 atom stereocenters. The largest absolute Gasteiger partial charge is 0.497 e. The number of anilines is 1. The number of aromatic nitrogens is 4. The summed E-state index contributed by atoms with van der Waals surface area (Å²) in [6, 6.07) is 5.59. The van der Waals surface area contributed by atoms with Gasteiger partial charge >= 0.3 is 0 Å². The van der Waals surface area contributed by atoms with E-state index in [9.17, 15) is 0 Å². The molecule has 19 heavy (non-hydrogen) atoms. The van der Waals surface area contributed by atoms with Crippen molar-refractivity contribution >= 4 is 17.0 Å². The fourth-order valence-electron chi connectivity index (χ4n) is 1.96. The van der Waals surface area contributed by atoms with E-state index in [0.29, 0.717) is 24.2 Å². The fourth-order valence-corrected chi connectivity index (χ4v) is 1.96. The molecule has 0 aliphatic rings. The van der Waals surface area contributed by atoms with E-state index in [1.54, 1.807) is 14.0 Å². The molecule has 0 fully saturated rings. The second-order valence-electron chi connectivity index (χ2n) is 4.14. The first kappa shape index (κ1) is 11.5. The van der Waals surface area contributed by atoms with Crippen LogP contribution in [0.15, 0.2) is 22.7 Å². The Morgan fingerprint density at radius 2 is 2.21 bits per heavy atom. The van der Waals surface area contributed by atoms with Crippen LogP contribution >= 0.6 is 0 Å². The number of rotatable bonds is 3.